The summed E-state index contributed by atoms with van der Waals surface area (Å²) in [5.74, 6) is -0.800. The summed E-state index contributed by atoms with van der Waals surface area (Å²) in [5, 5.41) is 14.2. The maximum absolute atomic E-state index is 14.1. The number of aromatic nitrogens is 2. The van der Waals surface area contributed by atoms with Gasteiger partial charge >= 0.3 is 12.2 Å². The Kier molecular flexibility index (Phi) is 6.25. The Hall–Kier alpha value is -4.13. The Morgan fingerprint density at radius 3 is 2.58 bits per heavy atom. The number of carbonyl (C=O) groups excluding carboxylic acids is 1. The van der Waals surface area contributed by atoms with Gasteiger partial charge in [0.05, 0.1) is 30.2 Å². The Labute approximate surface area is 213 Å². The number of aliphatic hydroxyl groups is 1. The molecule has 0 spiro atoms. The number of aliphatic hydroxyl groups excluding tert-OH is 1. The van der Waals surface area contributed by atoms with E-state index < -0.39 is 40.9 Å². The number of β-amino-alcohol motifs (C(OH)–C–C–N with tert-alkyl or cyclic N) is 1. The molecule has 1 aromatic heterocycles. The molecule has 2 aromatic carbocycles. The van der Waals surface area contributed by atoms with E-state index in [-0.39, 0.29) is 42.2 Å². The van der Waals surface area contributed by atoms with Crippen LogP contribution in [0.2, 0.25) is 0 Å². The van der Waals surface area contributed by atoms with Crippen LogP contribution in [0.3, 0.4) is 0 Å². The first-order valence-corrected chi connectivity index (χ1v) is 11.7. The standard InChI is InChI=1S/C25H23F4N5O4/c1-38-20-10-13(2-5-18(20)26)21-16-7-9-33(24(30)37)22(16)23(36)34(31-21)19-11-14(32-8-6-15(35)12-32)3-4-17(19)25(27,28)29/h2-5,10-11,15,35H,6-9,12H2,1H3,(H2,30,37)/t15-/m0/s1. The number of hydrogen-bond donors (Lipinski definition) is 2. The molecule has 13 heteroatoms. The molecule has 5 rings (SSSR count). The SMILES string of the molecule is COc1cc(-c2nn(-c3cc(N4CC[C@H](O)C4)ccc3C(F)(F)F)c(=O)c3c2CCN3C(N)=O)ccc1F. The van der Waals surface area contributed by atoms with Crippen LogP contribution in [0.15, 0.2) is 41.2 Å². The number of urea groups is 1. The summed E-state index contributed by atoms with van der Waals surface area (Å²) in [6.07, 6.45) is -4.88. The zero-order valence-electron chi connectivity index (χ0n) is 20.1. The van der Waals surface area contributed by atoms with Crippen LogP contribution in [-0.2, 0) is 12.6 Å². The van der Waals surface area contributed by atoms with E-state index in [1.165, 1.54) is 31.4 Å². The van der Waals surface area contributed by atoms with Crippen molar-refractivity contribution in [2.24, 2.45) is 5.73 Å². The van der Waals surface area contributed by atoms with E-state index in [0.717, 1.165) is 17.0 Å². The first kappa shape index (κ1) is 25.5. The number of carbonyl (C=O) groups is 1. The van der Waals surface area contributed by atoms with Gasteiger partial charge < -0.3 is 20.5 Å². The molecule has 0 radical (unpaired) electrons. The number of fused-ring (bicyclic) bond motifs is 1. The van der Waals surface area contributed by atoms with E-state index in [4.69, 9.17) is 10.5 Å². The van der Waals surface area contributed by atoms with Crippen LogP contribution >= 0.6 is 0 Å². The average Bonchev–Trinajstić information content (AvgIpc) is 3.51. The van der Waals surface area contributed by atoms with Gasteiger partial charge in [0.25, 0.3) is 5.56 Å². The van der Waals surface area contributed by atoms with Crippen LogP contribution in [-0.4, -0.2) is 53.8 Å². The number of nitrogens with zero attached hydrogens (tertiary/aromatic N) is 4. The average molecular weight is 533 g/mol. The molecule has 0 saturated carbocycles. The number of benzene rings is 2. The Balaban J connectivity index is 1.80. The van der Waals surface area contributed by atoms with Crippen molar-refractivity contribution in [3.8, 4) is 22.7 Å². The van der Waals surface area contributed by atoms with Crippen molar-refractivity contribution in [2.75, 3.05) is 36.5 Å². The van der Waals surface area contributed by atoms with Crippen molar-refractivity contribution >= 4 is 17.4 Å². The number of ether oxygens (including phenoxy) is 1. The number of nitrogens with two attached hydrogens (primary N) is 1. The Morgan fingerprint density at radius 2 is 1.95 bits per heavy atom. The molecule has 2 aliphatic heterocycles. The van der Waals surface area contributed by atoms with Gasteiger partial charge in [0, 0.05) is 36.4 Å². The molecule has 0 bridgehead atoms. The molecule has 1 saturated heterocycles. The number of rotatable bonds is 4. The summed E-state index contributed by atoms with van der Waals surface area (Å²) >= 11 is 0. The number of hydrogen-bond acceptors (Lipinski definition) is 6. The molecule has 9 nitrogen and oxygen atoms in total. The van der Waals surface area contributed by atoms with Crippen molar-refractivity contribution in [3.05, 3.63) is 63.7 Å². The van der Waals surface area contributed by atoms with Crippen molar-refractivity contribution in [2.45, 2.75) is 25.1 Å². The largest absolute Gasteiger partial charge is 0.494 e. The molecule has 3 heterocycles. The lowest BCUT2D eigenvalue weighted by atomic mass is 10.0. The number of anilines is 2. The highest BCUT2D eigenvalue weighted by Gasteiger charge is 2.37. The summed E-state index contributed by atoms with van der Waals surface area (Å²) in [7, 11) is 1.26. The number of halogens is 4. The van der Waals surface area contributed by atoms with Gasteiger partial charge in [-0.25, -0.2) is 9.18 Å². The highest BCUT2D eigenvalue weighted by molar-refractivity contribution is 5.94. The van der Waals surface area contributed by atoms with Gasteiger partial charge in [0.15, 0.2) is 11.6 Å². The lowest BCUT2D eigenvalue weighted by Crippen LogP contribution is -2.39. The molecule has 38 heavy (non-hydrogen) atoms. The molecule has 1 fully saturated rings. The van der Waals surface area contributed by atoms with Gasteiger partial charge in [-0.15, -0.1) is 0 Å². The van der Waals surface area contributed by atoms with Crippen LogP contribution in [0.5, 0.6) is 5.75 Å². The second-order valence-corrected chi connectivity index (χ2v) is 9.07. The highest BCUT2D eigenvalue weighted by Crippen LogP contribution is 2.38. The smallest absolute Gasteiger partial charge is 0.418 e. The number of methoxy groups -OCH3 is 1. The third-order valence-electron chi connectivity index (χ3n) is 6.76. The van der Waals surface area contributed by atoms with Crippen molar-refractivity contribution in [1.82, 2.24) is 9.78 Å². The van der Waals surface area contributed by atoms with Crippen LogP contribution in [0.25, 0.3) is 16.9 Å². The number of amides is 2. The van der Waals surface area contributed by atoms with Gasteiger partial charge in [-0.1, -0.05) is 0 Å². The van der Waals surface area contributed by atoms with E-state index >= 15 is 0 Å². The molecule has 1 atom stereocenters. The van der Waals surface area contributed by atoms with Crippen LogP contribution in [0, 0.1) is 5.82 Å². The minimum absolute atomic E-state index is 0.0226. The Morgan fingerprint density at radius 1 is 1.18 bits per heavy atom. The molecule has 3 aromatic rings. The number of alkyl halides is 3. The molecular formula is C25H23F4N5O4. The van der Waals surface area contributed by atoms with E-state index in [1.54, 1.807) is 4.90 Å². The monoisotopic (exact) mass is 533 g/mol. The van der Waals surface area contributed by atoms with Crippen LogP contribution in [0.1, 0.15) is 17.5 Å². The lowest BCUT2D eigenvalue weighted by molar-refractivity contribution is -0.137. The first-order valence-electron chi connectivity index (χ1n) is 11.7. The maximum atomic E-state index is 14.1. The van der Waals surface area contributed by atoms with Gasteiger partial charge in [0.1, 0.15) is 5.69 Å². The summed E-state index contributed by atoms with van der Waals surface area (Å²) in [6.45, 7) is 0.650. The van der Waals surface area contributed by atoms with E-state index in [1.807, 2.05) is 0 Å². The van der Waals surface area contributed by atoms with Crippen molar-refractivity contribution < 1.29 is 32.2 Å². The Bertz CT molecular complexity index is 1490. The van der Waals surface area contributed by atoms with Crippen LogP contribution < -0.4 is 25.8 Å². The van der Waals surface area contributed by atoms with Crippen LogP contribution in [0.4, 0.5) is 33.7 Å². The topological polar surface area (TPSA) is 114 Å². The summed E-state index contributed by atoms with van der Waals surface area (Å²) in [6, 6.07) is 6.13. The molecule has 200 valence electrons. The van der Waals surface area contributed by atoms with Gasteiger partial charge in [-0.3, -0.25) is 9.69 Å². The zero-order valence-corrected chi connectivity index (χ0v) is 20.1. The summed E-state index contributed by atoms with van der Waals surface area (Å²) < 4.78 is 62.2. The second kappa shape index (κ2) is 9.31. The molecule has 0 unspecified atom stereocenters. The van der Waals surface area contributed by atoms with Gasteiger partial charge in [-0.2, -0.15) is 23.0 Å². The van der Waals surface area contributed by atoms with Crippen molar-refractivity contribution in [1.29, 1.82) is 0 Å². The minimum atomic E-state index is -4.85. The fourth-order valence-corrected chi connectivity index (χ4v) is 4.93. The summed E-state index contributed by atoms with van der Waals surface area (Å²) in [5.41, 5.74) is 3.65. The predicted molar refractivity (Wildman–Crippen MR) is 130 cm³/mol. The zero-order chi connectivity index (χ0) is 27.4. The van der Waals surface area contributed by atoms with Gasteiger partial charge in [0.2, 0.25) is 0 Å². The third-order valence-corrected chi connectivity index (χ3v) is 6.76. The molecule has 3 N–H and O–H groups in total. The second-order valence-electron chi connectivity index (χ2n) is 9.07. The third kappa shape index (κ3) is 4.32. The van der Waals surface area contributed by atoms with Crippen molar-refractivity contribution in [3.63, 3.8) is 0 Å². The fourth-order valence-electron chi connectivity index (χ4n) is 4.93. The van der Waals surface area contributed by atoms with Gasteiger partial charge in [-0.05, 0) is 49.2 Å². The maximum Gasteiger partial charge on any atom is 0.418 e. The first-order chi connectivity index (χ1) is 18.0. The molecule has 2 aliphatic rings. The fraction of sp³-hybridized carbons (Fsp3) is 0.320. The van der Waals surface area contributed by atoms with E-state index in [0.29, 0.717) is 28.9 Å². The molecular weight excluding hydrogens is 510 g/mol. The quantitative estimate of drug-likeness (QED) is 0.499. The normalized spacial score (nSPS) is 17.2. The van der Waals surface area contributed by atoms with E-state index in [2.05, 4.69) is 5.10 Å². The highest BCUT2D eigenvalue weighted by atomic mass is 19.4. The summed E-state index contributed by atoms with van der Waals surface area (Å²) in [4.78, 5) is 28.5. The van der Waals surface area contributed by atoms with E-state index in [9.17, 15) is 32.3 Å². The molecule has 0 aliphatic carbocycles. The predicted octanol–water partition coefficient (Wildman–Crippen LogP) is 3.08. The lowest BCUT2D eigenvalue weighted by Gasteiger charge is -2.22. The molecule has 2 amide bonds. The minimum Gasteiger partial charge on any atom is -0.494 e. The number of primary amides is 1.